The maximum atomic E-state index is 13.9. The molecule has 3 rings (SSSR count). The van der Waals surface area contributed by atoms with Gasteiger partial charge in [0.2, 0.25) is 15.9 Å². The van der Waals surface area contributed by atoms with Gasteiger partial charge in [0.25, 0.3) is 0 Å². The topological polar surface area (TPSA) is 80.5 Å². The van der Waals surface area contributed by atoms with E-state index in [-0.39, 0.29) is 23.0 Å². The molecule has 9 heteroatoms. The fourth-order valence-electron chi connectivity index (χ4n) is 2.68. The van der Waals surface area contributed by atoms with Crippen LogP contribution in [0.5, 0.6) is 0 Å². The van der Waals surface area contributed by atoms with E-state index in [4.69, 9.17) is 0 Å². The van der Waals surface area contributed by atoms with Crippen LogP contribution in [0.1, 0.15) is 17.5 Å². The van der Waals surface area contributed by atoms with Gasteiger partial charge in [-0.3, -0.25) is 4.79 Å². The Kier molecular flexibility index (Phi) is 6.73. The summed E-state index contributed by atoms with van der Waals surface area (Å²) in [7, 11) is -2.12. The lowest BCUT2D eigenvalue weighted by atomic mass is 10.1. The van der Waals surface area contributed by atoms with Crippen LogP contribution in [0.3, 0.4) is 0 Å². The first-order valence-electron chi connectivity index (χ1n) is 8.86. The van der Waals surface area contributed by atoms with Gasteiger partial charge in [-0.15, -0.1) is 11.3 Å². The summed E-state index contributed by atoms with van der Waals surface area (Å²) >= 11 is 1.31. The number of benzene rings is 2. The number of sulfonamides is 1. The second-order valence-electron chi connectivity index (χ2n) is 6.26. The van der Waals surface area contributed by atoms with Gasteiger partial charge >= 0.3 is 0 Å². The minimum absolute atomic E-state index is 0.174. The van der Waals surface area contributed by atoms with Gasteiger partial charge < -0.3 is 4.57 Å². The summed E-state index contributed by atoms with van der Waals surface area (Å²) in [6.45, 7) is 0.295. The molecule has 152 valence electrons. The van der Waals surface area contributed by atoms with E-state index in [0.29, 0.717) is 23.3 Å². The molecule has 0 radical (unpaired) electrons. The smallest absolute Gasteiger partial charge is 0.248 e. The van der Waals surface area contributed by atoms with E-state index in [1.807, 2.05) is 0 Å². The number of aryl methyl sites for hydroxylation is 1. The molecule has 1 aromatic heterocycles. The first-order valence-corrected chi connectivity index (χ1v) is 11.2. The lowest BCUT2D eigenvalue weighted by Crippen LogP contribution is -2.18. The highest BCUT2D eigenvalue weighted by atomic mass is 32.2. The minimum atomic E-state index is -3.48. The van der Waals surface area contributed by atoms with E-state index >= 15 is 0 Å². The number of hydrogen-bond donors (Lipinski definition) is 1. The largest absolute Gasteiger partial charge is 0.319 e. The Bertz CT molecular complexity index is 1170. The van der Waals surface area contributed by atoms with E-state index < -0.39 is 10.0 Å². The summed E-state index contributed by atoms with van der Waals surface area (Å²) in [5.41, 5.74) is 1.37. The molecule has 0 bridgehead atoms. The Labute approximate surface area is 172 Å². The summed E-state index contributed by atoms with van der Waals surface area (Å²) in [6, 6.07) is 12.9. The predicted molar refractivity (Wildman–Crippen MR) is 109 cm³/mol. The van der Waals surface area contributed by atoms with Crippen LogP contribution in [0.25, 0.3) is 0 Å². The van der Waals surface area contributed by atoms with Gasteiger partial charge in [-0.2, -0.15) is 4.99 Å². The molecule has 0 saturated carbocycles. The summed E-state index contributed by atoms with van der Waals surface area (Å²) in [4.78, 5) is 17.1. The highest BCUT2D eigenvalue weighted by Crippen LogP contribution is 2.12. The van der Waals surface area contributed by atoms with Gasteiger partial charge in [-0.25, -0.2) is 17.5 Å². The monoisotopic (exact) mass is 433 g/mol. The first-order chi connectivity index (χ1) is 13.9. The van der Waals surface area contributed by atoms with Crippen molar-refractivity contribution in [3.63, 3.8) is 0 Å². The van der Waals surface area contributed by atoms with E-state index in [9.17, 15) is 17.6 Å². The maximum absolute atomic E-state index is 13.9. The number of rotatable bonds is 7. The number of carbonyl (C=O) groups is 1. The van der Waals surface area contributed by atoms with Crippen LogP contribution in [0.15, 0.2) is 70.0 Å². The summed E-state index contributed by atoms with van der Waals surface area (Å²) in [6.07, 6.45) is 2.40. The molecule has 0 aliphatic carbocycles. The zero-order valence-electron chi connectivity index (χ0n) is 15.7. The van der Waals surface area contributed by atoms with Crippen LogP contribution in [0, 0.1) is 5.82 Å². The van der Waals surface area contributed by atoms with Crippen LogP contribution in [0.2, 0.25) is 0 Å². The van der Waals surface area contributed by atoms with Crippen molar-refractivity contribution in [3.8, 4) is 0 Å². The Morgan fingerprint density at radius 2 is 1.90 bits per heavy atom. The molecule has 29 heavy (non-hydrogen) atoms. The molecule has 0 aliphatic rings. The van der Waals surface area contributed by atoms with Crippen LogP contribution < -0.4 is 9.52 Å². The molecule has 0 aliphatic heterocycles. The van der Waals surface area contributed by atoms with E-state index in [0.717, 1.165) is 5.56 Å². The molecule has 6 nitrogen and oxygen atoms in total. The third kappa shape index (κ3) is 5.47. The highest BCUT2D eigenvalue weighted by molar-refractivity contribution is 7.89. The molecule has 1 N–H and O–H groups in total. The third-order valence-electron chi connectivity index (χ3n) is 4.31. The van der Waals surface area contributed by atoms with Gasteiger partial charge in [-0.1, -0.05) is 30.3 Å². The number of nitrogens with zero attached hydrogens (tertiary/aromatic N) is 2. The number of thiazole rings is 1. The molecule has 0 saturated heterocycles. The number of amides is 1. The van der Waals surface area contributed by atoms with Crippen molar-refractivity contribution in [2.45, 2.75) is 24.3 Å². The number of carbonyl (C=O) groups excluding carboxylic acids is 1. The fraction of sp³-hybridized carbons (Fsp3) is 0.200. The number of aromatic nitrogens is 1. The molecular formula is C20H20FN3O3S2. The average molecular weight is 434 g/mol. The van der Waals surface area contributed by atoms with Crippen LogP contribution in [-0.2, 0) is 27.8 Å². The summed E-state index contributed by atoms with van der Waals surface area (Å²) in [5.74, 6) is -0.589. The van der Waals surface area contributed by atoms with Crippen molar-refractivity contribution in [3.05, 3.63) is 81.9 Å². The van der Waals surface area contributed by atoms with Gasteiger partial charge in [-0.05, 0) is 37.2 Å². The van der Waals surface area contributed by atoms with Crippen LogP contribution in [0.4, 0.5) is 4.39 Å². The fourth-order valence-corrected chi connectivity index (χ4v) is 4.16. The van der Waals surface area contributed by atoms with Crippen molar-refractivity contribution in [2.75, 3.05) is 7.05 Å². The van der Waals surface area contributed by atoms with Gasteiger partial charge in [0, 0.05) is 23.6 Å². The van der Waals surface area contributed by atoms with Gasteiger partial charge in [0.15, 0.2) is 4.80 Å². The van der Waals surface area contributed by atoms with E-state index in [1.54, 1.807) is 46.5 Å². The lowest BCUT2D eigenvalue weighted by Gasteiger charge is -2.05. The quantitative estimate of drug-likeness (QED) is 0.622. The third-order valence-corrected chi connectivity index (χ3v) is 6.53. The van der Waals surface area contributed by atoms with Gasteiger partial charge in [0.1, 0.15) is 5.82 Å². The summed E-state index contributed by atoms with van der Waals surface area (Å²) in [5, 5.41) is 1.80. The van der Waals surface area contributed by atoms with Crippen molar-refractivity contribution in [2.24, 2.45) is 4.99 Å². The lowest BCUT2D eigenvalue weighted by molar-refractivity contribution is -0.118. The van der Waals surface area contributed by atoms with Gasteiger partial charge in [0.05, 0.1) is 11.4 Å². The molecule has 1 heterocycles. The standard InChI is InChI=1S/C20H20FN3O3S2/c1-22-29(26,27)17-9-6-15(7-10-17)8-11-19(25)23-20-24(12-13-28-20)14-16-4-2-3-5-18(16)21/h2-7,9-10,12-13,22H,8,11,14H2,1H3. The Morgan fingerprint density at radius 3 is 2.59 bits per heavy atom. The molecule has 3 aromatic rings. The van der Waals surface area contributed by atoms with E-state index in [2.05, 4.69) is 9.71 Å². The molecule has 1 amide bonds. The Balaban J connectivity index is 1.66. The predicted octanol–water partition coefficient (Wildman–Crippen LogP) is 2.71. The van der Waals surface area contributed by atoms with Crippen molar-refractivity contribution >= 4 is 27.3 Å². The Morgan fingerprint density at radius 1 is 1.17 bits per heavy atom. The molecule has 0 atom stereocenters. The normalized spacial score (nSPS) is 12.3. The van der Waals surface area contributed by atoms with Crippen molar-refractivity contribution in [1.29, 1.82) is 0 Å². The van der Waals surface area contributed by atoms with Crippen molar-refractivity contribution < 1.29 is 17.6 Å². The second kappa shape index (κ2) is 9.25. The minimum Gasteiger partial charge on any atom is -0.319 e. The Hall–Kier alpha value is -2.62. The molecule has 0 unspecified atom stereocenters. The van der Waals surface area contributed by atoms with E-state index in [1.165, 1.54) is 36.6 Å². The zero-order valence-corrected chi connectivity index (χ0v) is 17.3. The van der Waals surface area contributed by atoms with Crippen LogP contribution >= 0.6 is 11.3 Å². The maximum Gasteiger partial charge on any atom is 0.248 e. The van der Waals surface area contributed by atoms with Crippen LogP contribution in [-0.4, -0.2) is 25.9 Å². The second-order valence-corrected chi connectivity index (χ2v) is 9.02. The first kappa shape index (κ1) is 21.1. The number of nitrogens with one attached hydrogen (secondary N) is 1. The number of hydrogen-bond acceptors (Lipinski definition) is 4. The average Bonchev–Trinajstić information content (AvgIpc) is 3.15. The molecule has 2 aromatic carbocycles. The molecular weight excluding hydrogens is 413 g/mol. The highest BCUT2D eigenvalue weighted by Gasteiger charge is 2.11. The molecule has 0 spiro atoms. The molecule has 0 fully saturated rings. The zero-order chi connectivity index (χ0) is 20.9. The van der Waals surface area contributed by atoms with Crippen molar-refractivity contribution in [1.82, 2.24) is 9.29 Å². The number of halogens is 1. The summed E-state index contributed by atoms with van der Waals surface area (Å²) < 4.78 is 41.3. The SMILES string of the molecule is CNS(=O)(=O)c1ccc(CCC(=O)N=c2sccn2Cc2ccccc2F)cc1.